The zero-order valence-corrected chi connectivity index (χ0v) is 16.3. The number of guanidine groups is 1. The maximum absolute atomic E-state index is 11.4. The molecule has 23 heavy (non-hydrogen) atoms. The lowest BCUT2D eigenvalue weighted by atomic mass is 9.97. The van der Waals surface area contributed by atoms with Crippen LogP contribution in [0.3, 0.4) is 0 Å². The number of likely N-dealkylation sites (tertiary alicyclic amines) is 1. The van der Waals surface area contributed by atoms with E-state index in [4.69, 9.17) is 0 Å². The minimum atomic E-state index is -3.24. The fraction of sp³-hybridized carbons (Fsp3) is 0.938. The number of nitrogens with zero attached hydrogens (tertiary/aromatic N) is 2. The summed E-state index contributed by atoms with van der Waals surface area (Å²) in [5, 5.41) is 3.33. The van der Waals surface area contributed by atoms with E-state index in [1.54, 1.807) is 0 Å². The van der Waals surface area contributed by atoms with Crippen LogP contribution in [0.5, 0.6) is 0 Å². The van der Waals surface area contributed by atoms with Gasteiger partial charge in [0.05, 0.1) is 12.8 Å². The van der Waals surface area contributed by atoms with Gasteiger partial charge in [0.25, 0.3) is 0 Å². The Balaban J connectivity index is 2.71. The van der Waals surface area contributed by atoms with E-state index in [1.807, 2.05) is 13.8 Å². The average molecular weight is 347 g/mol. The molecule has 1 saturated heterocycles. The van der Waals surface area contributed by atoms with E-state index in [2.05, 4.69) is 40.7 Å². The molecule has 1 unspecified atom stereocenters. The van der Waals surface area contributed by atoms with Crippen molar-refractivity contribution in [3.05, 3.63) is 0 Å². The van der Waals surface area contributed by atoms with E-state index in [1.165, 1.54) is 19.1 Å². The Morgan fingerprint density at radius 2 is 2.04 bits per heavy atom. The van der Waals surface area contributed by atoms with Crippen LogP contribution in [0.15, 0.2) is 4.99 Å². The van der Waals surface area contributed by atoms with Crippen molar-refractivity contribution < 1.29 is 8.42 Å². The van der Waals surface area contributed by atoms with Crippen molar-refractivity contribution in [2.75, 3.05) is 32.4 Å². The van der Waals surface area contributed by atoms with Gasteiger partial charge in [-0.25, -0.2) is 13.1 Å². The highest BCUT2D eigenvalue weighted by molar-refractivity contribution is 7.88. The van der Waals surface area contributed by atoms with Crippen LogP contribution in [0.2, 0.25) is 0 Å². The quantitative estimate of drug-likeness (QED) is 0.543. The second-order valence-electron chi connectivity index (χ2n) is 7.66. The molecule has 1 heterocycles. The molecule has 0 spiro atoms. The Morgan fingerprint density at radius 3 is 2.57 bits per heavy atom. The predicted octanol–water partition coefficient (Wildman–Crippen LogP) is 1.65. The molecule has 0 radical (unpaired) electrons. The van der Waals surface area contributed by atoms with Gasteiger partial charge in [-0.05, 0) is 45.4 Å². The maximum atomic E-state index is 11.4. The zero-order chi connectivity index (χ0) is 17.7. The van der Waals surface area contributed by atoms with Crippen molar-refractivity contribution in [3.63, 3.8) is 0 Å². The lowest BCUT2D eigenvalue weighted by molar-refractivity contribution is 0.401. The molecule has 0 aromatic rings. The summed E-state index contributed by atoms with van der Waals surface area (Å²) in [7, 11) is -3.24. The summed E-state index contributed by atoms with van der Waals surface area (Å²) < 4.78 is 25.5. The van der Waals surface area contributed by atoms with E-state index in [9.17, 15) is 8.42 Å². The van der Waals surface area contributed by atoms with Gasteiger partial charge < -0.3 is 10.2 Å². The molecular formula is C16H34N4O2S. The number of hydrogen-bond donors (Lipinski definition) is 2. The molecule has 1 atom stereocenters. The smallest absolute Gasteiger partial charge is 0.209 e. The summed E-state index contributed by atoms with van der Waals surface area (Å²) in [4.78, 5) is 6.97. The van der Waals surface area contributed by atoms with Gasteiger partial charge in [-0.2, -0.15) is 0 Å². The molecule has 0 bridgehead atoms. The van der Waals surface area contributed by atoms with Crippen molar-refractivity contribution in [2.24, 2.45) is 16.8 Å². The first kappa shape index (κ1) is 20.2. The second kappa shape index (κ2) is 8.33. The van der Waals surface area contributed by atoms with Crippen LogP contribution in [0.1, 0.15) is 47.5 Å². The van der Waals surface area contributed by atoms with Crippen molar-refractivity contribution >= 4 is 16.0 Å². The Hall–Kier alpha value is -0.820. The largest absolute Gasteiger partial charge is 0.357 e. The third-order valence-electron chi connectivity index (χ3n) is 3.81. The molecule has 7 heteroatoms. The molecule has 0 aromatic heterocycles. The molecule has 0 aliphatic carbocycles. The maximum Gasteiger partial charge on any atom is 0.209 e. The van der Waals surface area contributed by atoms with Crippen LogP contribution in [-0.4, -0.2) is 57.3 Å². The highest BCUT2D eigenvalue weighted by Gasteiger charge is 2.27. The lowest BCUT2D eigenvalue weighted by Gasteiger charge is -2.26. The van der Waals surface area contributed by atoms with Gasteiger partial charge in [0.15, 0.2) is 5.96 Å². The first-order valence-corrected chi connectivity index (χ1v) is 10.4. The SMILES string of the molecule is CCNC(=NCC(C)(C)NS(C)(=O)=O)N1CCC(CC(C)C)C1. The minimum absolute atomic E-state index is 0.410. The van der Waals surface area contributed by atoms with Gasteiger partial charge in [-0.3, -0.25) is 4.99 Å². The van der Waals surface area contributed by atoms with Crippen LogP contribution in [-0.2, 0) is 10.0 Å². The Morgan fingerprint density at radius 1 is 1.39 bits per heavy atom. The van der Waals surface area contributed by atoms with Crippen molar-refractivity contribution in [1.82, 2.24) is 14.9 Å². The van der Waals surface area contributed by atoms with Crippen molar-refractivity contribution in [3.8, 4) is 0 Å². The summed E-state index contributed by atoms with van der Waals surface area (Å²) in [5.41, 5.74) is -0.592. The van der Waals surface area contributed by atoms with E-state index >= 15 is 0 Å². The van der Waals surface area contributed by atoms with Gasteiger partial charge in [-0.15, -0.1) is 0 Å². The minimum Gasteiger partial charge on any atom is -0.357 e. The number of nitrogens with one attached hydrogen (secondary N) is 2. The number of aliphatic imine (C=N–C) groups is 1. The molecule has 0 saturated carbocycles. The highest BCUT2D eigenvalue weighted by atomic mass is 32.2. The third-order valence-corrected chi connectivity index (χ3v) is 4.73. The fourth-order valence-electron chi connectivity index (χ4n) is 3.12. The first-order chi connectivity index (χ1) is 10.5. The van der Waals surface area contributed by atoms with E-state index < -0.39 is 15.6 Å². The van der Waals surface area contributed by atoms with E-state index in [0.717, 1.165) is 37.4 Å². The fourth-order valence-corrected chi connectivity index (χ4v) is 4.18. The van der Waals surface area contributed by atoms with Crippen LogP contribution in [0.25, 0.3) is 0 Å². The van der Waals surface area contributed by atoms with Gasteiger partial charge in [0, 0.05) is 25.2 Å². The lowest BCUT2D eigenvalue weighted by Crippen LogP contribution is -2.47. The normalized spacial score (nSPS) is 20.4. The summed E-state index contributed by atoms with van der Waals surface area (Å²) in [6.07, 6.45) is 3.63. The first-order valence-electron chi connectivity index (χ1n) is 8.54. The van der Waals surface area contributed by atoms with Gasteiger partial charge in [-0.1, -0.05) is 13.8 Å². The Labute approximate surface area is 142 Å². The highest BCUT2D eigenvalue weighted by Crippen LogP contribution is 2.23. The topological polar surface area (TPSA) is 73.8 Å². The average Bonchev–Trinajstić information content (AvgIpc) is 2.78. The van der Waals surface area contributed by atoms with Crippen LogP contribution in [0, 0.1) is 11.8 Å². The molecule has 0 amide bonds. The summed E-state index contributed by atoms with van der Waals surface area (Å²) >= 11 is 0. The van der Waals surface area contributed by atoms with Crippen molar-refractivity contribution in [2.45, 2.75) is 53.0 Å². The molecule has 1 fully saturated rings. The van der Waals surface area contributed by atoms with Crippen LogP contribution < -0.4 is 10.0 Å². The molecule has 2 N–H and O–H groups in total. The molecule has 1 aliphatic heterocycles. The molecule has 136 valence electrons. The molecular weight excluding hydrogens is 312 g/mol. The van der Waals surface area contributed by atoms with Crippen LogP contribution in [0.4, 0.5) is 0 Å². The summed E-state index contributed by atoms with van der Waals surface area (Å²) in [6.45, 7) is 13.6. The number of sulfonamides is 1. The monoisotopic (exact) mass is 346 g/mol. The van der Waals surface area contributed by atoms with Crippen LogP contribution >= 0.6 is 0 Å². The summed E-state index contributed by atoms with van der Waals surface area (Å²) in [6, 6.07) is 0. The van der Waals surface area contributed by atoms with Gasteiger partial charge >= 0.3 is 0 Å². The second-order valence-corrected chi connectivity index (χ2v) is 9.41. The molecule has 0 aromatic carbocycles. The molecule has 1 rings (SSSR count). The van der Waals surface area contributed by atoms with E-state index in [-0.39, 0.29) is 0 Å². The Kier molecular flexibility index (Phi) is 7.32. The molecule has 1 aliphatic rings. The van der Waals surface area contributed by atoms with E-state index in [0.29, 0.717) is 6.54 Å². The zero-order valence-electron chi connectivity index (χ0n) is 15.5. The predicted molar refractivity (Wildman–Crippen MR) is 97.2 cm³/mol. The van der Waals surface area contributed by atoms with Crippen molar-refractivity contribution in [1.29, 1.82) is 0 Å². The third kappa shape index (κ3) is 8.01. The Bertz CT molecular complexity index is 500. The van der Waals surface area contributed by atoms with Gasteiger partial charge in [0.1, 0.15) is 0 Å². The summed E-state index contributed by atoms with van der Waals surface area (Å²) in [5.74, 6) is 2.33. The standard InChI is InChI=1S/C16H34N4O2S/c1-7-17-15(18-12-16(4,5)19-23(6,21)22)20-9-8-14(11-20)10-13(2)3/h13-14,19H,7-12H2,1-6H3,(H,17,18). The van der Waals surface area contributed by atoms with Gasteiger partial charge in [0.2, 0.25) is 10.0 Å². The number of rotatable bonds is 7. The molecule has 6 nitrogen and oxygen atoms in total. The number of hydrogen-bond acceptors (Lipinski definition) is 3.